The number of nitrogens with zero attached hydrogens (tertiary/aromatic N) is 13. The number of carbonyl (C=O) groups excluding carboxylic acids is 4. The Morgan fingerprint density at radius 3 is 1.49 bits per heavy atom. The highest BCUT2D eigenvalue weighted by Gasteiger charge is 2.42. The Kier molecular flexibility index (Phi) is 29.2. The number of ether oxygens (including phenoxy) is 3. The molecule has 0 atom stereocenters. The normalized spacial score (nSPS) is 16.1. The zero-order valence-corrected chi connectivity index (χ0v) is 85.5. The Balaban J connectivity index is 0.000000132. The first-order valence-corrected chi connectivity index (χ1v) is 49.4. The molecule has 37 heteroatoms. The SMILES string of the molecule is CC(=O)OCc1c(-c2cc(Nc3nc4c(s3)COCC4)c(=O)n(C)c2)ccnc1N1CCn2c(cc3c2CC(C)(C)C3)C1=O.CCc1c(-c2cc(Br)c(=O)n(C)c2)ccnc1N1CCn2c(cc3c2CC(C)(C)C3)C1=O.CCc1c(B(O)O)ccnc1N1CCn2c(cc3c2CC(C)(C)C3)C1=O.Cn1cc(I)cc(Br)c1=O.Nc1cc2c(s1)COCC2.O=c1[nH]cc(I)cc1Br. The minimum Gasteiger partial charge on any atom is -0.461 e. The van der Waals surface area contributed by atoms with Crippen molar-refractivity contribution in [2.75, 3.05) is 58.6 Å². The Morgan fingerprint density at radius 2 is 1.02 bits per heavy atom. The number of fused-ring (bicyclic) bond motifs is 11. The summed E-state index contributed by atoms with van der Waals surface area (Å²) < 4.78 is 31.3. The van der Waals surface area contributed by atoms with Gasteiger partial charge >= 0.3 is 13.1 Å². The van der Waals surface area contributed by atoms with Crippen molar-refractivity contribution in [3.05, 3.63) is 261 Å². The summed E-state index contributed by atoms with van der Waals surface area (Å²) in [6.07, 6.45) is 21.0. The van der Waals surface area contributed by atoms with Gasteiger partial charge in [0.15, 0.2) is 5.13 Å². The molecule has 20 rings (SSSR count). The number of aryl methyl sites for hydroxylation is 3. The van der Waals surface area contributed by atoms with E-state index in [2.05, 4.69) is 198 Å². The first kappa shape index (κ1) is 96.3. The number of aromatic nitrogens is 11. The number of halogens is 5. The molecule has 17 heterocycles. The fraction of sp³-hybridized carbons (Fsp3) is 0.383. The number of thiazole rings is 1. The Labute approximate surface area is 818 Å². The lowest BCUT2D eigenvalue weighted by atomic mass is 9.77. The fourth-order valence-corrected chi connectivity index (χ4v) is 23.8. The highest BCUT2D eigenvalue weighted by Crippen LogP contribution is 2.45. The van der Waals surface area contributed by atoms with Crippen molar-refractivity contribution in [2.24, 2.45) is 37.4 Å². The molecule has 5 aliphatic heterocycles. The first-order valence-electron chi connectivity index (χ1n) is 43.2. The molecule has 12 aromatic rings. The van der Waals surface area contributed by atoms with E-state index in [0.717, 1.165) is 135 Å². The van der Waals surface area contributed by atoms with Crippen LogP contribution in [0.25, 0.3) is 22.3 Å². The predicted octanol–water partition coefficient (Wildman–Crippen LogP) is 14.5. The number of amides is 3. The summed E-state index contributed by atoms with van der Waals surface area (Å²) in [6, 6.07) is 20.8. The van der Waals surface area contributed by atoms with Crippen molar-refractivity contribution in [1.82, 2.24) is 52.3 Å². The van der Waals surface area contributed by atoms with E-state index in [1.165, 1.54) is 73.2 Å². The van der Waals surface area contributed by atoms with Gasteiger partial charge in [0.05, 0.1) is 55.4 Å². The smallest absolute Gasteiger partial charge is 0.461 e. The average Bonchev–Trinajstić information content (AvgIpc) is 1.56. The van der Waals surface area contributed by atoms with Gasteiger partial charge in [-0.3, -0.25) is 53.1 Å². The maximum atomic E-state index is 13.9. The molecule has 0 saturated heterocycles. The third-order valence-electron chi connectivity index (χ3n) is 24.5. The van der Waals surface area contributed by atoms with E-state index in [-0.39, 0.29) is 62.8 Å². The van der Waals surface area contributed by atoms with Crippen molar-refractivity contribution >= 4 is 185 Å². The minimum atomic E-state index is -1.57. The fourth-order valence-electron chi connectivity index (χ4n) is 18.5. The monoisotopic (exact) mass is 2230 g/mol. The number of esters is 1. The van der Waals surface area contributed by atoms with Gasteiger partial charge in [0, 0.05) is 163 Å². The number of hydrogen-bond acceptors (Lipinski definition) is 21. The van der Waals surface area contributed by atoms with Crippen molar-refractivity contribution in [3.8, 4) is 22.3 Å². The minimum absolute atomic E-state index is 0.000385. The number of nitrogens with one attached hydrogen (secondary N) is 2. The van der Waals surface area contributed by atoms with Crippen molar-refractivity contribution in [1.29, 1.82) is 0 Å². The van der Waals surface area contributed by atoms with Crippen molar-refractivity contribution in [3.63, 3.8) is 0 Å². The zero-order valence-electron chi connectivity index (χ0n) is 74.8. The Bertz CT molecular complexity index is 6660. The van der Waals surface area contributed by atoms with Crippen LogP contribution >= 0.6 is 116 Å². The van der Waals surface area contributed by atoms with E-state index in [1.54, 1.807) is 107 Å². The van der Waals surface area contributed by atoms with Crippen LogP contribution in [0.2, 0.25) is 0 Å². The molecule has 3 aliphatic carbocycles. The van der Waals surface area contributed by atoms with E-state index in [4.69, 9.17) is 19.9 Å². The van der Waals surface area contributed by atoms with Crippen LogP contribution in [-0.2, 0) is 144 Å². The maximum Gasteiger partial charge on any atom is 0.488 e. The lowest BCUT2D eigenvalue weighted by Crippen LogP contribution is -2.43. The lowest BCUT2D eigenvalue weighted by Gasteiger charge is -2.31. The van der Waals surface area contributed by atoms with Gasteiger partial charge in [-0.2, -0.15) is 0 Å². The highest BCUT2D eigenvalue weighted by molar-refractivity contribution is 14.1. The molecule has 131 heavy (non-hydrogen) atoms. The van der Waals surface area contributed by atoms with Crippen molar-refractivity contribution < 1.29 is 43.4 Å². The summed E-state index contributed by atoms with van der Waals surface area (Å²) in [5.41, 5.74) is 24.6. The third kappa shape index (κ3) is 20.8. The topological polar surface area (TPSA) is 349 Å². The number of nitrogens with two attached hydrogens (primary N) is 1. The van der Waals surface area contributed by atoms with Gasteiger partial charge in [0.1, 0.15) is 46.8 Å². The van der Waals surface area contributed by atoms with E-state index < -0.39 is 13.1 Å². The first-order chi connectivity index (χ1) is 62.3. The predicted molar refractivity (Wildman–Crippen MR) is 538 cm³/mol. The van der Waals surface area contributed by atoms with Gasteiger partial charge in [-0.15, -0.1) is 11.3 Å². The van der Waals surface area contributed by atoms with Crippen molar-refractivity contribution in [2.45, 2.75) is 166 Å². The maximum absolute atomic E-state index is 13.9. The number of H-pyrrole nitrogens is 1. The largest absolute Gasteiger partial charge is 0.488 e. The molecule has 0 bridgehead atoms. The number of aromatic amines is 1. The third-order valence-corrected chi connectivity index (χ3v) is 29.4. The van der Waals surface area contributed by atoms with Crippen LogP contribution in [0.1, 0.15) is 165 Å². The molecule has 0 spiro atoms. The molecule has 0 saturated carbocycles. The Morgan fingerprint density at radius 1 is 0.557 bits per heavy atom. The number of carbonyl (C=O) groups is 4. The molecular weight excluding hydrogens is 2130 g/mol. The number of rotatable bonds is 12. The molecule has 3 amide bonds. The van der Waals surface area contributed by atoms with Gasteiger partial charge in [0.25, 0.3) is 40.0 Å². The zero-order chi connectivity index (χ0) is 93.7. The van der Waals surface area contributed by atoms with E-state index in [9.17, 15) is 48.4 Å². The molecular formula is C94H102BBr3I2N16O13S2. The Hall–Kier alpha value is -9.30. The van der Waals surface area contributed by atoms with E-state index >= 15 is 0 Å². The second-order valence-corrected chi connectivity index (χ2v) is 43.3. The van der Waals surface area contributed by atoms with Gasteiger partial charge in [-0.05, 0) is 284 Å². The van der Waals surface area contributed by atoms with Crippen LogP contribution in [0.15, 0.2) is 143 Å². The molecule has 0 unspecified atom stereocenters. The summed E-state index contributed by atoms with van der Waals surface area (Å²) in [5.74, 6) is 1.08. The quantitative estimate of drug-likeness (QED) is 0.0431. The molecule has 6 N–H and O–H groups in total. The van der Waals surface area contributed by atoms with E-state index in [0.29, 0.717) is 121 Å². The number of anilines is 6. The van der Waals surface area contributed by atoms with Gasteiger partial charge in [-0.25, -0.2) is 19.9 Å². The molecule has 0 fully saturated rings. The summed E-state index contributed by atoms with van der Waals surface area (Å²) in [7, 11) is 3.60. The van der Waals surface area contributed by atoms with Gasteiger partial charge in [-0.1, -0.05) is 66.7 Å². The molecule has 29 nitrogen and oxygen atoms in total. The second kappa shape index (κ2) is 39.7. The molecule has 686 valence electrons. The standard InChI is InChI=1S/C32H34N6O5S.C25H27BrN4O2.C19H24BN3O3.C7H9NOS.C6H5BrINO.C5H3BrINO/c1-18(39)43-16-22-21(20-11-24(29(40)36(4)15-20)35-31-34-23-6-10-42-17-27(23)44-31)5-7-33-28(22)38-9-8-37-25(30(38)41)12-19-13-32(2,3)14-26(19)37;1-5-17-18(16-10-19(26)23(31)28(4)14-16)6-7-27-22(17)30-9-8-29-20(24(30)32)11-15-12-25(2,3)13-21(15)29;1-4-13-14(20(25)26)5-6-21-17(13)23-8-7-22-15(18(23)24)9-12-10-19(2,3)11-16(12)22;8-7-3-5-1-2-9-4-6(5)10-7;1-9-3-4(8)2-5(7)6(9)10;6-4-1-3(7)2-8-5(4)9/h5,7,11-12,15H,6,8-10,13-14,16-17H2,1-4H3,(H,34,35);6-7,10-11,14H,5,8-9,12-13H2,1-4H3;5-6,9,25-26H,4,7-8,10-11H2,1-3H3;3H,1-2,4,8H2;2-3H,1H3;1-2H,(H,8,9). The van der Waals surface area contributed by atoms with Crippen LogP contribution in [0.5, 0.6) is 0 Å². The van der Waals surface area contributed by atoms with E-state index in [1.807, 2.05) is 48.4 Å². The average molecular weight is 2230 g/mol. The summed E-state index contributed by atoms with van der Waals surface area (Å²) in [6.45, 7) is 25.4. The van der Waals surface area contributed by atoms with Crippen LogP contribution in [0.4, 0.5) is 33.3 Å². The molecule has 0 radical (unpaired) electrons. The lowest BCUT2D eigenvalue weighted by molar-refractivity contribution is -0.142. The van der Waals surface area contributed by atoms with Gasteiger partial charge < -0.3 is 67.7 Å². The van der Waals surface area contributed by atoms with Crippen LogP contribution in [0, 0.1) is 23.4 Å². The number of hydrogen-bond donors (Lipinski definition) is 5. The second-order valence-electron chi connectivity index (χ2n) is 36.0. The number of thiophene rings is 1. The van der Waals surface area contributed by atoms with Gasteiger partial charge in [0.2, 0.25) is 0 Å². The summed E-state index contributed by atoms with van der Waals surface area (Å²) in [4.78, 5) is 128. The summed E-state index contributed by atoms with van der Waals surface area (Å²) in [5, 5.41) is 24.0. The number of nitrogen functional groups attached to an aromatic ring is 1. The molecule has 12 aromatic heterocycles. The highest BCUT2D eigenvalue weighted by atomic mass is 127. The molecule has 8 aliphatic rings. The van der Waals surface area contributed by atoms with Crippen LogP contribution < -0.4 is 53.5 Å². The number of pyridine rings is 7. The van der Waals surface area contributed by atoms with Crippen LogP contribution in [0.3, 0.4) is 0 Å². The summed E-state index contributed by atoms with van der Waals surface area (Å²) >= 11 is 17.0. The van der Waals surface area contributed by atoms with Crippen LogP contribution in [-0.4, -0.2) is 126 Å². The molecule has 0 aromatic carbocycles.